The average molecular weight is 311 g/mol. The Morgan fingerprint density at radius 2 is 1.38 bits per heavy atom. The van der Waals surface area contributed by atoms with Gasteiger partial charge in [0.15, 0.2) is 5.75 Å². The summed E-state index contributed by atoms with van der Waals surface area (Å²) in [6.45, 7) is 7.44. The Hall–Kier alpha value is -1.37. The van der Waals surface area contributed by atoms with E-state index in [1.165, 1.54) is 6.92 Å². The highest BCUT2D eigenvalue weighted by atomic mass is 19.2. The van der Waals surface area contributed by atoms with Gasteiger partial charge in [-0.25, -0.2) is 13.2 Å². The molecule has 21 heavy (non-hydrogen) atoms. The van der Waals surface area contributed by atoms with Crippen molar-refractivity contribution in [3.63, 3.8) is 0 Å². The van der Waals surface area contributed by atoms with E-state index in [-0.39, 0.29) is 12.1 Å². The van der Waals surface area contributed by atoms with Crippen molar-refractivity contribution in [3.05, 3.63) is 29.1 Å². The highest BCUT2D eigenvalue weighted by Gasteiger charge is 2.28. The molecule has 1 aromatic rings. The topological polar surface area (TPSA) is 21.3 Å². The molecule has 0 saturated carbocycles. The lowest BCUT2D eigenvalue weighted by Crippen LogP contribution is -2.43. The van der Waals surface area contributed by atoms with Crippen LogP contribution in [0.4, 0.5) is 22.0 Å². The Morgan fingerprint density at radius 3 is 1.81 bits per heavy atom. The van der Waals surface area contributed by atoms with Gasteiger partial charge >= 0.3 is 0 Å². The molecule has 0 aliphatic rings. The van der Waals surface area contributed by atoms with Crippen molar-refractivity contribution in [3.8, 4) is 5.75 Å². The van der Waals surface area contributed by atoms with Gasteiger partial charge in [-0.2, -0.15) is 8.78 Å². The molecule has 0 fully saturated rings. The summed E-state index contributed by atoms with van der Waals surface area (Å²) in [6.07, 6.45) is 0.0199. The van der Waals surface area contributed by atoms with Crippen LogP contribution in [0.3, 0.4) is 0 Å². The monoisotopic (exact) mass is 311 g/mol. The summed E-state index contributed by atoms with van der Waals surface area (Å²) in [5.41, 5.74) is -0.228. The van der Waals surface area contributed by atoms with Crippen LogP contribution in [0.25, 0.3) is 0 Å². The maximum absolute atomic E-state index is 13.4. The van der Waals surface area contributed by atoms with Crippen molar-refractivity contribution in [2.24, 2.45) is 0 Å². The molecule has 1 atom stereocenters. The number of halogens is 5. The lowest BCUT2D eigenvalue weighted by atomic mass is 10.0. The fourth-order valence-electron chi connectivity index (χ4n) is 1.48. The molecule has 7 heteroatoms. The van der Waals surface area contributed by atoms with Gasteiger partial charge in [-0.3, -0.25) is 0 Å². The van der Waals surface area contributed by atoms with Gasteiger partial charge in [-0.15, -0.1) is 0 Å². The van der Waals surface area contributed by atoms with E-state index >= 15 is 0 Å². The van der Waals surface area contributed by atoms with Gasteiger partial charge in [0, 0.05) is 12.1 Å². The molecule has 0 aliphatic heterocycles. The summed E-state index contributed by atoms with van der Waals surface area (Å²) >= 11 is 0. The van der Waals surface area contributed by atoms with Crippen LogP contribution < -0.4 is 10.1 Å². The van der Waals surface area contributed by atoms with Crippen LogP contribution >= 0.6 is 0 Å². The summed E-state index contributed by atoms with van der Waals surface area (Å²) in [5, 5.41) is 3.08. The van der Waals surface area contributed by atoms with E-state index in [4.69, 9.17) is 4.74 Å². The Bertz CT molecular complexity index is 490. The zero-order valence-corrected chi connectivity index (χ0v) is 12.3. The second-order valence-electron chi connectivity index (χ2n) is 5.45. The minimum atomic E-state index is -2.20. The SMILES string of the molecule is CCC(C)(C)NCC(C)Oc1c(F)c(F)c(F)c(F)c1F. The zero-order chi connectivity index (χ0) is 16.4. The fourth-order valence-corrected chi connectivity index (χ4v) is 1.48. The number of hydrogen-bond donors (Lipinski definition) is 1. The summed E-state index contributed by atoms with van der Waals surface area (Å²) in [5.74, 6) is -11.4. The summed E-state index contributed by atoms with van der Waals surface area (Å²) < 4.78 is 70.7. The van der Waals surface area contributed by atoms with Gasteiger partial charge < -0.3 is 10.1 Å². The summed E-state index contributed by atoms with van der Waals surface area (Å²) in [4.78, 5) is 0. The normalized spacial score (nSPS) is 13.4. The molecule has 1 aromatic carbocycles. The first-order valence-electron chi connectivity index (χ1n) is 6.53. The van der Waals surface area contributed by atoms with Gasteiger partial charge in [-0.1, -0.05) is 6.92 Å². The zero-order valence-electron chi connectivity index (χ0n) is 12.3. The molecular weight excluding hydrogens is 293 g/mol. The second kappa shape index (κ2) is 6.60. The molecule has 0 aromatic heterocycles. The lowest BCUT2D eigenvalue weighted by molar-refractivity contribution is 0.176. The molecule has 2 nitrogen and oxygen atoms in total. The van der Waals surface area contributed by atoms with Crippen molar-refractivity contribution >= 4 is 0 Å². The minimum Gasteiger partial charge on any atom is -0.483 e. The first-order chi connectivity index (χ1) is 9.60. The molecule has 1 N–H and O–H groups in total. The van der Waals surface area contributed by atoms with Crippen molar-refractivity contribution in [1.82, 2.24) is 5.32 Å². The van der Waals surface area contributed by atoms with Crippen LogP contribution in [0.15, 0.2) is 0 Å². The molecule has 0 saturated heterocycles. The molecule has 1 rings (SSSR count). The smallest absolute Gasteiger partial charge is 0.207 e. The molecule has 0 aliphatic carbocycles. The van der Waals surface area contributed by atoms with Gasteiger partial charge in [-0.05, 0) is 27.2 Å². The van der Waals surface area contributed by atoms with Crippen LogP contribution in [-0.2, 0) is 0 Å². The van der Waals surface area contributed by atoms with Gasteiger partial charge in [0.25, 0.3) is 0 Å². The van der Waals surface area contributed by atoms with E-state index in [9.17, 15) is 22.0 Å². The molecule has 0 heterocycles. The van der Waals surface area contributed by atoms with Crippen LogP contribution in [0, 0.1) is 29.1 Å². The standard InChI is InChI=1S/C14H18F5NO/c1-5-14(3,4)20-6-7(2)21-13-11(18)9(16)8(15)10(17)12(13)19/h7,20H,5-6H2,1-4H3. The molecule has 1 unspecified atom stereocenters. The third-order valence-electron chi connectivity index (χ3n) is 3.24. The third kappa shape index (κ3) is 4.06. The van der Waals surface area contributed by atoms with Crippen LogP contribution in [0.1, 0.15) is 34.1 Å². The molecule has 0 amide bonds. The highest BCUT2D eigenvalue weighted by Crippen LogP contribution is 2.29. The van der Waals surface area contributed by atoms with E-state index in [1.54, 1.807) is 0 Å². The molecule has 120 valence electrons. The number of benzene rings is 1. The highest BCUT2D eigenvalue weighted by molar-refractivity contribution is 5.30. The van der Waals surface area contributed by atoms with Crippen molar-refractivity contribution < 1.29 is 26.7 Å². The van der Waals surface area contributed by atoms with Crippen molar-refractivity contribution in [2.75, 3.05) is 6.54 Å². The van der Waals surface area contributed by atoms with Crippen LogP contribution in [0.5, 0.6) is 5.75 Å². The molecule has 0 spiro atoms. The molecule has 0 bridgehead atoms. The fraction of sp³-hybridized carbons (Fsp3) is 0.571. The predicted octanol–water partition coefficient (Wildman–Crippen LogP) is 3.93. The van der Waals surface area contributed by atoms with E-state index < -0.39 is 40.9 Å². The molecule has 0 radical (unpaired) electrons. The van der Waals surface area contributed by atoms with Crippen molar-refractivity contribution in [1.29, 1.82) is 0 Å². The van der Waals surface area contributed by atoms with Gasteiger partial charge in [0.05, 0.1) is 0 Å². The number of nitrogens with one attached hydrogen (secondary N) is 1. The van der Waals surface area contributed by atoms with E-state index in [2.05, 4.69) is 5.32 Å². The Balaban J connectivity index is 2.89. The van der Waals surface area contributed by atoms with E-state index in [0.29, 0.717) is 0 Å². The second-order valence-corrected chi connectivity index (χ2v) is 5.45. The quantitative estimate of drug-likeness (QED) is 0.488. The van der Waals surface area contributed by atoms with Crippen molar-refractivity contribution in [2.45, 2.75) is 45.8 Å². The van der Waals surface area contributed by atoms with Gasteiger partial charge in [0.1, 0.15) is 6.10 Å². The largest absolute Gasteiger partial charge is 0.483 e. The van der Waals surface area contributed by atoms with E-state index in [1.807, 2.05) is 20.8 Å². The lowest BCUT2D eigenvalue weighted by Gasteiger charge is -2.27. The van der Waals surface area contributed by atoms with Gasteiger partial charge in [0.2, 0.25) is 29.1 Å². The summed E-state index contributed by atoms with van der Waals surface area (Å²) in [7, 11) is 0. The van der Waals surface area contributed by atoms with E-state index in [0.717, 1.165) is 6.42 Å². The predicted molar refractivity (Wildman–Crippen MR) is 68.7 cm³/mol. The number of rotatable bonds is 6. The minimum absolute atomic E-state index is 0.195. The summed E-state index contributed by atoms with van der Waals surface area (Å²) in [6, 6.07) is 0. The number of hydrogen-bond acceptors (Lipinski definition) is 2. The first kappa shape index (κ1) is 17.7. The first-order valence-corrected chi connectivity index (χ1v) is 6.53. The van der Waals surface area contributed by atoms with Crippen LogP contribution in [0.2, 0.25) is 0 Å². The molecular formula is C14H18F5NO. The Morgan fingerprint density at radius 1 is 0.952 bits per heavy atom. The number of ether oxygens (including phenoxy) is 1. The maximum atomic E-state index is 13.4. The average Bonchev–Trinajstić information content (AvgIpc) is 2.45. The maximum Gasteiger partial charge on any atom is 0.207 e. The van der Waals surface area contributed by atoms with Crippen LogP contribution in [-0.4, -0.2) is 18.2 Å². The third-order valence-corrected chi connectivity index (χ3v) is 3.24. The Labute approximate surface area is 120 Å². The Kier molecular flexibility index (Phi) is 5.55.